The summed E-state index contributed by atoms with van der Waals surface area (Å²) in [6.07, 6.45) is 1.80. The fraction of sp³-hybridized carbons (Fsp3) is 0.240. The molecule has 35 heavy (non-hydrogen) atoms. The first kappa shape index (κ1) is 23.4. The molecule has 3 heterocycles. The van der Waals surface area contributed by atoms with E-state index in [4.69, 9.17) is 16.3 Å². The van der Waals surface area contributed by atoms with Crippen LogP contribution in [0.3, 0.4) is 0 Å². The molecule has 5 rings (SSSR count). The molecule has 0 aliphatic heterocycles. The number of rotatable bonds is 5. The van der Waals surface area contributed by atoms with Crippen LogP contribution in [-0.4, -0.2) is 26.9 Å². The maximum Gasteiger partial charge on any atom is 0.413 e. The number of aromatic nitrogens is 2. The van der Waals surface area contributed by atoms with Crippen molar-refractivity contribution in [2.45, 2.75) is 31.3 Å². The van der Waals surface area contributed by atoms with Gasteiger partial charge >= 0.3 is 12.1 Å². The van der Waals surface area contributed by atoms with Gasteiger partial charge in [0, 0.05) is 16.6 Å². The third-order valence-electron chi connectivity index (χ3n) is 5.94. The van der Waals surface area contributed by atoms with Gasteiger partial charge in [-0.15, -0.1) is 22.7 Å². The molecule has 2 N–H and O–H groups in total. The number of carboxylic acids is 1. The highest BCUT2D eigenvalue weighted by Crippen LogP contribution is 2.56. The number of ether oxygens (including phenoxy) is 1. The van der Waals surface area contributed by atoms with E-state index in [1.165, 1.54) is 27.4 Å². The molecular weight excluding hydrogens is 506 g/mol. The van der Waals surface area contributed by atoms with E-state index in [2.05, 4.69) is 22.3 Å². The largest absolute Gasteiger partial charge is 0.481 e. The van der Waals surface area contributed by atoms with Crippen LogP contribution in [-0.2, 0) is 22.0 Å². The van der Waals surface area contributed by atoms with E-state index in [1.807, 2.05) is 36.4 Å². The molecule has 1 fully saturated rings. The van der Waals surface area contributed by atoms with Crippen LogP contribution in [0, 0.1) is 11.8 Å². The van der Waals surface area contributed by atoms with E-state index in [0.29, 0.717) is 29.2 Å². The van der Waals surface area contributed by atoms with Gasteiger partial charge in [0.25, 0.3) is 0 Å². The number of thiophene rings is 2. The Labute approximate surface area is 214 Å². The standard InChI is InChI=1S/C25H20ClN3O4S2/c1-14(15-6-4-3-5-7-15)33-24(32)28-22-16(13-27-29(22)2)8-9-17-12-18-20(34-17)19(26)21(35-18)25(10-11-25)23(30)31/h3-7,12-14H,10-11H2,1-2H3,(H,28,32)(H,30,31). The van der Waals surface area contributed by atoms with E-state index >= 15 is 0 Å². The summed E-state index contributed by atoms with van der Waals surface area (Å²) >= 11 is 9.41. The molecule has 10 heteroatoms. The number of nitrogens with one attached hydrogen (secondary N) is 1. The molecule has 1 atom stereocenters. The number of benzene rings is 1. The number of halogens is 1. The number of hydrogen-bond donors (Lipinski definition) is 2. The Morgan fingerprint density at radius 1 is 1.26 bits per heavy atom. The summed E-state index contributed by atoms with van der Waals surface area (Å²) < 4.78 is 8.80. The normalized spacial score (nSPS) is 14.7. The predicted molar refractivity (Wildman–Crippen MR) is 137 cm³/mol. The van der Waals surface area contributed by atoms with Gasteiger partial charge in [-0.2, -0.15) is 5.10 Å². The van der Waals surface area contributed by atoms with Crippen molar-refractivity contribution in [2.75, 3.05) is 5.32 Å². The SMILES string of the molecule is CC(OC(=O)Nc1c(C#Cc2cc3sc(C4(C(=O)O)CC4)c(Cl)c3s2)cnn1C)c1ccccc1. The molecule has 1 amide bonds. The second-order valence-corrected chi connectivity index (χ2v) is 10.8. The van der Waals surface area contributed by atoms with Crippen LogP contribution in [0.4, 0.5) is 10.6 Å². The maximum absolute atomic E-state index is 12.5. The Kier molecular flexibility index (Phi) is 6.05. The molecule has 1 saturated carbocycles. The quantitative estimate of drug-likeness (QED) is 0.304. The lowest BCUT2D eigenvalue weighted by molar-refractivity contribution is -0.139. The van der Waals surface area contributed by atoms with Gasteiger partial charge in [0.1, 0.15) is 17.3 Å². The Morgan fingerprint density at radius 3 is 2.66 bits per heavy atom. The molecule has 178 valence electrons. The number of fused-ring (bicyclic) bond motifs is 1. The van der Waals surface area contributed by atoms with Gasteiger partial charge in [0.15, 0.2) is 0 Å². The van der Waals surface area contributed by atoms with E-state index in [1.54, 1.807) is 20.2 Å². The van der Waals surface area contributed by atoms with Crippen molar-refractivity contribution in [1.82, 2.24) is 9.78 Å². The minimum absolute atomic E-state index is 0.413. The van der Waals surface area contributed by atoms with Gasteiger partial charge in [-0.1, -0.05) is 53.8 Å². The number of aliphatic carboxylic acids is 1. The number of nitrogens with zero attached hydrogens (tertiary/aromatic N) is 2. The first-order chi connectivity index (χ1) is 16.8. The van der Waals surface area contributed by atoms with Crippen molar-refractivity contribution in [3.05, 3.63) is 68.5 Å². The van der Waals surface area contributed by atoms with Crippen LogP contribution < -0.4 is 5.32 Å². The highest BCUT2D eigenvalue weighted by Gasteiger charge is 2.54. The zero-order valence-electron chi connectivity index (χ0n) is 18.8. The van der Waals surface area contributed by atoms with Gasteiger partial charge in [0.2, 0.25) is 0 Å². The first-order valence-electron chi connectivity index (χ1n) is 10.8. The van der Waals surface area contributed by atoms with Crippen LogP contribution in [0.15, 0.2) is 42.6 Å². The van der Waals surface area contributed by atoms with E-state index < -0.39 is 23.6 Å². The van der Waals surface area contributed by atoms with Crippen LogP contribution in [0.1, 0.15) is 46.8 Å². The van der Waals surface area contributed by atoms with Crippen molar-refractivity contribution in [1.29, 1.82) is 0 Å². The topological polar surface area (TPSA) is 93.4 Å². The van der Waals surface area contributed by atoms with Crippen LogP contribution in [0.5, 0.6) is 0 Å². The number of aryl methyl sites for hydroxylation is 1. The highest BCUT2D eigenvalue weighted by molar-refractivity contribution is 7.29. The molecule has 0 bridgehead atoms. The number of anilines is 1. The number of amides is 1. The van der Waals surface area contributed by atoms with Crippen molar-refractivity contribution >= 4 is 61.6 Å². The van der Waals surface area contributed by atoms with Crippen LogP contribution >= 0.6 is 34.3 Å². The Bertz CT molecular complexity index is 1510. The smallest absolute Gasteiger partial charge is 0.413 e. The van der Waals surface area contributed by atoms with Gasteiger partial charge in [-0.05, 0) is 31.4 Å². The van der Waals surface area contributed by atoms with E-state index in [-0.39, 0.29) is 0 Å². The average molecular weight is 526 g/mol. The number of carboxylic acid groups (broad SMARTS) is 1. The molecule has 3 aromatic heterocycles. The molecule has 0 saturated heterocycles. The summed E-state index contributed by atoms with van der Waals surface area (Å²) in [6.45, 7) is 1.80. The zero-order chi connectivity index (χ0) is 24.7. The number of carbonyl (C=O) groups excluding carboxylic acids is 1. The first-order valence-corrected chi connectivity index (χ1v) is 12.8. The molecule has 0 radical (unpaired) electrons. The fourth-order valence-electron chi connectivity index (χ4n) is 3.78. The summed E-state index contributed by atoms with van der Waals surface area (Å²) in [5.41, 5.74) is 0.612. The van der Waals surface area contributed by atoms with Crippen LogP contribution in [0.25, 0.3) is 9.40 Å². The Balaban J connectivity index is 1.33. The minimum atomic E-state index is -0.824. The summed E-state index contributed by atoms with van der Waals surface area (Å²) in [6, 6.07) is 11.4. The lowest BCUT2D eigenvalue weighted by Crippen LogP contribution is -2.18. The maximum atomic E-state index is 12.5. The van der Waals surface area contributed by atoms with Crippen LogP contribution in [0.2, 0.25) is 5.02 Å². The van der Waals surface area contributed by atoms with Gasteiger partial charge in [-0.3, -0.25) is 14.8 Å². The second-order valence-electron chi connectivity index (χ2n) is 8.30. The summed E-state index contributed by atoms with van der Waals surface area (Å²) in [5, 5.41) is 17.0. The van der Waals surface area contributed by atoms with Crippen molar-refractivity contribution < 1.29 is 19.4 Å². The molecule has 0 spiro atoms. The average Bonchev–Trinajstić information content (AvgIpc) is 3.32. The monoisotopic (exact) mass is 525 g/mol. The van der Waals surface area contributed by atoms with Crippen molar-refractivity contribution in [3.8, 4) is 11.8 Å². The molecule has 1 aliphatic rings. The summed E-state index contributed by atoms with van der Waals surface area (Å²) in [4.78, 5) is 25.7. The molecule has 1 aromatic carbocycles. The number of carbonyl (C=O) groups is 2. The van der Waals surface area contributed by atoms with E-state index in [9.17, 15) is 14.7 Å². The molecule has 1 unspecified atom stereocenters. The lowest BCUT2D eigenvalue weighted by Gasteiger charge is -2.14. The van der Waals surface area contributed by atoms with E-state index in [0.717, 1.165) is 24.7 Å². The fourth-order valence-corrected chi connectivity index (χ4v) is 6.86. The molecular formula is C25H20ClN3O4S2. The Morgan fingerprint density at radius 2 is 2.00 bits per heavy atom. The second kappa shape index (κ2) is 9.04. The minimum Gasteiger partial charge on any atom is -0.481 e. The van der Waals surface area contributed by atoms with Gasteiger partial charge < -0.3 is 9.84 Å². The number of hydrogen-bond acceptors (Lipinski definition) is 6. The third-order valence-corrected chi connectivity index (χ3v) is 9.08. The van der Waals surface area contributed by atoms with Gasteiger partial charge in [0.05, 0.1) is 26.4 Å². The van der Waals surface area contributed by atoms with Crippen molar-refractivity contribution in [3.63, 3.8) is 0 Å². The lowest BCUT2D eigenvalue weighted by atomic mass is 10.1. The summed E-state index contributed by atoms with van der Waals surface area (Å²) in [5.74, 6) is 5.78. The highest BCUT2D eigenvalue weighted by atomic mass is 35.5. The molecule has 1 aliphatic carbocycles. The zero-order valence-corrected chi connectivity index (χ0v) is 21.2. The summed E-state index contributed by atoms with van der Waals surface area (Å²) in [7, 11) is 1.71. The molecule has 4 aromatic rings. The Hall–Kier alpha value is -3.32. The van der Waals surface area contributed by atoms with Crippen molar-refractivity contribution in [2.24, 2.45) is 7.05 Å². The third kappa shape index (κ3) is 4.41. The predicted octanol–water partition coefficient (Wildman–Crippen LogP) is 6.18. The molecule has 7 nitrogen and oxygen atoms in total. The van der Waals surface area contributed by atoms with Gasteiger partial charge in [-0.25, -0.2) is 4.79 Å².